The van der Waals surface area contributed by atoms with Gasteiger partial charge >= 0.3 is 0 Å². The lowest BCUT2D eigenvalue weighted by Crippen LogP contribution is -2.14. The average Bonchev–Trinajstić information content (AvgIpc) is 2.20. The second-order valence-electron chi connectivity index (χ2n) is 4.31. The van der Waals surface area contributed by atoms with Crippen molar-refractivity contribution in [2.45, 2.75) is 30.9 Å². The highest BCUT2D eigenvalue weighted by atomic mass is 35.5. The first-order valence-corrected chi connectivity index (χ1v) is 6.64. The van der Waals surface area contributed by atoms with Crippen molar-refractivity contribution in [2.75, 3.05) is 5.73 Å². The molecule has 3 nitrogen and oxygen atoms in total. The lowest BCUT2D eigenvalue weighted by molar-refractivity contribution is 0.0997. The predicted molar refractivity (Wildman–Crippen MR) is 74.5 cm³/mol. The van der Waals surface area contributed by atoms with Crippen LogP contribution in [-0.2, 0) is 0 Å². The van der Waals surface area contributed by atoms with Gasteiger partial charge in [-0.3, -0.25) is 4.79 Å². The summed E-state index contributed by atoms with van der Waals surface area (Å²) in [6.07, 6.45) is 0. The van der Waals surface area contributed by atoms with Crippen LogP contribution in [0.15, 0.2) is 17.0 Å². The third-order valence-corrected chi connectivity index (χ3v) is 4.58. The number of amides is 1. The highest BCUT2D eigenvalue weighted by Gasteiger charge is 2.18. The number of thioether (sulfide) groups is 1. The molecule has 0 heterocycles. The Hall–Kier alpha value is -0.870. The lowest BCUT2D eigenvalue weighted by atomic mass is 10.1. The summed E-state index contributed by atoms with van der Waals surface area (Å²) in [6.45, 7) is 6.33. The van der Waals surface area contributed by atoms with Crippen molar-refractivity contribution in [1.29, 1.82) is 0 Å². The summed E-state index contributed by atoms with van der Waals surface area (Å²) in [6, 6.07) is 3.22. The van der Waals surface area contributed by atoms with Gasteiger partial charge in [0.1, 0.15) is 0 Å². The minimum Gasteiger partial charge on any atom is -0.399 e. The molecule has 0 aliphatic rings. The van der Waals surface area contributed by atoms with E-state index in [4.69, 9.17) is 23.1 Å². The smallest absolute Gasteiger partial charge is 0.249 e. The van der Waals surface area contributed by atoms with Crippen LogP contribution in [0.5, 0.6) is 0 Å². The van der Waals surface area contributed by atoms with Crippen LogP contribution in [-0.4, -0.2) is 11.2 Å². The average molecular weight is 273 g/mol. The van der Waals surface area contributed by atoms with E-state index in [0.717, 1.165) is 4.90 Å². The topological polar surface area (TPSA) is 69.1 Å². The molecule has 1 atom stereocenters. The maximum absolute atomic E-state index is 11.4. The summed E-state index contributed by atoms with van der Waals surface area (Å²) in [7, 11) is 0. The first kappa shape index (κ1) is 14.2. The van der Waals surface area contributed by atoms with Crippen LogP contribution in [0.2, 0.25) is 5.02 Å². The van der Waals surface area contributed by atoms with Gasteiger partial charge in [0.15, 0.2) is 0 Å². The fourth-order valence-corrected chi connectivity index (χ4v) is 2.70. The molecule has 0 radical (unpaired) electrons. The molecule has 0 saturated heterocycles. The number of halogens is 1. The Morgan fingerprint density at radius 2 is 1.94 bits per heavy atom. The number of benzene rings is 1. The van der Waals surface area contributed by atoms with Crippen LogP contribution in [0.4, 0.5) is 5.69 Å². The van der Waals surface area contributed by atoms with E-state index in [1.54, 1.807) is 23.9 Å². The van der Waals surface area contributed by atoms with E-state index in [2.05, 4.69) is 20.8 Å². The normalized spacial score (nSPS) is 12.8. The Morgan fingerprint density at radius 3 is 2.41 bits per heavy atom. The maximum atomic E-state index is 11.4. The zero-order valence-corrected chi connectivity index (χ0v) is 11.7. The summed E-state index contributed by atoms with van der Waals surface area (Å²) in [5.41, 5.74) is 11.8. The first-order valence-electron chi connectivity index (χ1n) is 5.38. The van der Waals surface area contributed by atoms with Crippen molar-refractivity contribution in [3.8, 4) is 0 Å². The number of nitrogen functional groups attached to an aromatic ring is 1. The summed E-state index contributed by atoms with van der Waals surface area (Å²) < 4.78 is 0. The molecule has 1 rings (SSSR count). The van der Waals surface area contributed by atoms with E-state index in [1.807, 2.05) is 0 Å². The van der Waals surface area contributed by atoms with E-state index in [1.165, 1.54) is 0 Å². The molecule has 17 heavy (non-hydrogen) atoms. The summed E-state index contributed by atoms with van der Waals surface area (Å²) in [5.74, 6) is -0.0213. The van der Waals surface area contributed by atoms with Crippen molar-refractivity contribution >= 4 is 35.0 Å². The second kappa shape index (κ2) is 5.65. The Bertz CT molecular complexity index is 435. The zero-order chi connectivity index (χ0) is 13.2. The number of carbonyl (C=O) groups excluding carboxylic acids is 1. The third kappa shape index (κ3) is 3.54. The summed E-state index contributed by atoms with van der Waals surface area (Å²) in [4.78, 5) is 12.1. The van der Waals surface area contributed by atoms with Crippen LogP contribution in [0, 0.1) is 5.92 Å². The Labute approximate surface area is 111 Å². The lowest BCUT2D eigenvalue weighted by Gasteiger charge is -2.18. The molecule has 1 amide bonds. The van der Waals surface area contributed by atoms with Gasteiger partial charge in [-0.1, -0.05) is 32.4 Å². The molecule has 1 aromatic carbocycles. The second-order valence-corrected chi connectivity index (χ2v) is 6.11. The SMILES string of the molecule is CC(C)C(C)Sc1c(Cl)cc(N)cc1C(N)=O. The minimum atomic E-state index is -0.502. The molecule has 4 N–H and O–H groups in total. The standard InChI is InChI=1S/C12H17ClN2OS/c1-6(2)7(3)17-11-9(12(15)16)4-8(14)5-10(11)13/h4-7H,14H2,1-3H3,(H2,15,16). The molecule has 0 fully saturated rings. The summed E-state index contributed by atoms with van der Waals surface area (Å²) >= 11 is 7.67. The van der Waals surface area contributed by atoms with E-state index in [0.29, 0.717) is 27.4 Å². The molecule has 0 aliphatic carbocycles. The van der Waals surface area contributed by atoms with Gasteiger partial charge in [0.25, 0.3) is 0 Å². The van der Waals surface area contributed by atoms with E-state index in [-0.39, 0.29) is 0 Å². The predicted octanol–water partition coefficient (Wildman–Crippen LogP) is 3.16. The van der Waals surface area contributed by atoms with Crippen LogP contribution < -0.4 is 11.5 Å². The number of anilines is 1. The molecule has 0 spiro atoms. The van der Waals surface area contributed by atoms with Gasteiger partial charge in [0, 0.05) is 15.8 Å². The molecule has 1 unspecified atom stereocenters. The highest BCUT2D eigenvalue weighted by Crippen LogP contribution is 2.37. The molecule has 0 saturated carbocycles. The maximum Gasteiger partial charge on any atom is 0.249 e. The molecule has 0 aliphatic heterocycles. The largest absolute Gasteiger partial charge is 0.399 e. The molecule has 0 bridgehead atoms. The van der Waals surface area contributed by atoms with Gasteiger partial charge < -0.3 is 11.5 Å². The number of hydrogen-bond acceptors (Lipinski definition) is 3. The van der Waals surface area contributed by atoms with E-state index < -0.39 is 5.91 Å². The van der Waals surface area contributed by atoms with Gasteiger partial charge in [-0.25, -0.2) is 0 Å². The number of rotatable bonds is 4. The first-order chi connectivity index (χ1) is 7.82. The third-order valence-electron chi connectivity index (χ3n) is 2.57. The van der Waals surface area contributed by atoms with Crippen LogP contribution in [0.25, 0.3) is 0 Å². The molecule has 1 aromatic rings. The van der Waals surface area contributed by atoms with Crippen LogP contribution >= 0.6 is 23.4 Å². The molecule has 94 valence electrons. The molecular formula is C12H17ClN2OS. The zero-order valence-electron chi connectivity index (χ0n) is 10.2. The van der Waals surface area contributed by atoms with Gasteiger partial charge in [-0.05, 0) is 18.1 Å². The fraction of sp³-hybridized carbons (Fsp3) is 0.417. The van der Waals surface area contributed by atoms with Crippen LogP contribution in [0.3, 0.4) is 0 Å². The number of hydrogen-bond donors (Lipinski definition) is 2. The van der Waals surface area contributed by atoms with Crippen molar-refractivity contribution in [3.63, 3.8) is 0 Å². The Kier molecular flexibility index (Phi) is 4.71. The minimum absolute atomic E-state index is 0.342. The molecule has 5 heteroatoms. The van der Waals surface area contributed by atoms with Gasteiger partial charge in [0.2, 0.25) is 5.91 Å². The van der Waals surface area contributed by atoms with E-state index in [9.17, 15) is 4.79 Å². The van der Waals surface area contributed by atoms with Crippen molar-refractivity contribution in [2.24, 2.45) is 11.7 Å². The van der Waals surface area contributed by atoms with Gasteiger partial charge in [0.05, 0.1) is 10.6 Å². The molecular weight excluding hydrogens is 256 g/mol. The molecule has 0 aromatic heterocycles. The Morgan fingerprint density at radius 1 is 1.35 bits per heavy atom. The quantitative estimate of drug-likeness (QED) is 0.653. The fourth-order valence-electron chi connectivity index (χ4n) is 1.24. The van der Waals surface area contributed by atoms with Gasteiger partial charge in [-0.2, -0.15) is 0 Å². The van der Waals surface area contributed by atoms with Crippen molar-refractivity contribution < 1.29 is 4.79 Å². The number of carbonyl (C=O) groups is 1. The van der Waals surface area contributed by atoms with Crippen molar-refractivity contribution in [1.82, 2.24) is 0 Å². The highest BCUT2D eigenvalue weighted by molar-refractivity contribution is 8.00. The Balaban J connectivity index is 3.17. The van der Waals surface area contributed by atoms with Gasteiger partial charge in [-0.15, -0.1) is 11.8 Å². The summed E-state index contributed by atoms with van der Waals surface area (Å²) in [5, 5.41) is 0.825. The van der Waals surface area contributed by atoms with Crippen LogP contribution in [0.1, 0.15) is 31.1 Å². The van der Waals surface area contributed by atoms with Crippen molar-refractivity contribution in [3.05, 3.63) is 22.7 Å². The monoisotopic (exact) mass is 272 g/mol. The van der Waals surface area contributed by atoms with E-state index >= 15 is 0 Å². The number of primary amides is 1. The number of nitrogens with two attached hydrogens (primary N) is 2.